The molecule has 1 atom stereocenters. The number of nitrogens with zero attached hydrogens (tertiary/aromatic N) is 4. The highest BCUT2D eigenvalue weighted by Crippen LogP contribution is 2.30. The van der Waals surface area contributed by atoms with E-state index >= 15 is 0 Å². The number of fused-ring (bicyclic) bond motifs is 1. The third kappa shape index (κ3) is 3.87. The summed E-state index contributed by atoms with van der Waals surface area (Å²) in [5.74, 6) is 0.828. The van der Waals surface area contributed by atoms with Crippen LogP contribution in [0.2, 0.25) is 0 Å². The van der Waals surface area contributed by atoms with Crippen molar-refractivity contribution in [2.45, 2.75) is 52.7 Å². The molecule has 5 N–H and O–H groups in total. The summed E-state index contributed by atoms with van der Waals surface area (Å²) in [6.45, 7) is 10.4. The Labute approximate surface area is 164 Å². The number of nitrogen functional groups attached to an aromatic ring is 1. The van der Waals surface area contributed by atoms with Gasteiger partial charge in [-0.05, 0) is 38.8 Å². The van der Waals surface area contributed by atoms with Crippen molar-refractivity contribution in [3.8, 4) is 0 Å². The van der Waals surface area contributed by atoms with Crippen LogP contribution in [0.25, 0.3) is 11.0 Å². The van der Waals surface area contributed by atoms with Crippen LogP contribution in [-0.2, 0) is 0 Å². The van der Waals surface area contributed by atoms with E-state index in [2.05, 4.69) is 52.8 Å². The molecule has 1 unspecified atom stereocenters. The van der Waals surface area contributed by atoms with Crippen molar-refractivity contribution in [1.29, 1.82) is 0 Å². The fraction of sp³-hybridized carbons (Fsp3) is 0.450. The summed E-state index contributed by atoms with van der Waals surface area (Å²) in [5.41, 5.74) is 10.7. The van der Waals surface area contributed by atoms with E-state index in [9.17, 15) is 5.11 Å². The van der Waals surface area contributed by atoms with Gasteiger partial charge in [0, 0.05) is 6.04 Å². The van der Waals surface area contributed by atoms with E-state index in [1.165, 1.54) is 0 Å². The Morgan fingerprint density at radius 3 is 2.54 bits per heavy atom. The Bertz CT molecular complexity index is 1030. The number of hydrogen-bond donors (Lipinski definition) is 4. The van der Waals surface area contributed by atoms with Crippen LogP contribution in [0.5, 0.6) is 0 Å². The molecule has 0 aliphatic carbocycles. The number of nitrogens with one attached hydrogen (secondary N) is 2. The van der Waals surface area contributed by atoms with Crippen LogP contribution in [0.3, 0.4) is 0 Å². The second-order valence-electron chi connectivity index (χ2n) is 7.62. The molecule has 0 amide bonds. The van der Waals surface area contributed by atoms with Gasteiger partial charge in [-0.1, -0.05) is 26.0 Å². The van der Waals surface area contributed by atoms with Crippen LogP contribution in [0, 0.1) is 0 Å². The number of H-pyrrole nitrogens is 1. The predicted octanol–water partition coefficient (Wildman–Crippen LogP) is 3.07. The van der Waals surface area contributed by atoms with Gasteiger partial charge in [-0.25, -0.2) is 4.99 Å². The lowest BCUT2D eigenvalue weighted by atomic mass is 10.1. The van der Waals surface area contributed by atoms with Gasteiger partial charge in [-0.2, -0.15) is 10.1 Å². The highest BCUT2D eigenvalue weighted by molar-refractivity contribution is 5.90. The summed E-state index contributed by atoms with van der Waals surface area (Å²) in [7, 11) is 0. The van der Waals surface area contributed by atoms with Crippen molar-refractivity contribution in [1.82, 2.24) is 19.7 Å². The minimum absolute atomic E-state index is 0.119. The molecule has 0 bridgehead atoms. The summed E-state index contributed by atoms with van der Waals surface area (Å²) in [4.78, 5) is 9.31. The average Bonchev–Trinajstić information content (AvgIpc) is 3.06. The quantitative estimate of drug-likeness (QED) is 0.488. The summed E-state index contributed by atoms with van der Waals surface area (Å²) in [6.07, 6.45) is -0.548. The predicted molar refractivity (Wildman–Crippen MR) is 113 cm³/mol. The zero-order chi connectivity index (χ0) is 20.4. The van der Waals surface area contributed by atoms with E-state index in [-0.39, 0.29) is 18.5 Å². The van der Waals surface area contributed by atoms with E-state index in [0.29, 0.717) is 17.1 Å². The highest BCUT2D eigenvalue weighted by Gasteiger charge is 2.20. The van der Waals surface area contributed by atoms with E-state index < -0.39 is 6.10 Å². The number of hydrogen-bond acceptors (Lipinski definition) is 6. The molecule has 8 heteroatoms. The zero-order valence-corrected chi connectivity index (χ0v) is 17.1. The number of aliphatic hydroxyl groups excluding tert-OH is 1. The number of nitrogens with two attached hydrogens (primary N) is 1. The van der Waals surface area contributed by atoms with Crippen LogP contribution in [0.1, 0.15) is 52.3 Å². The van der Waals surface area contributed by atoms with Gasteiger partial charge in [0.2, 0.25) is 5.62 Å². The number of rotatable bonds is 6. The molecular weight excluding hydrogens is 354 g/mol. The largest absolute Gasteiger partial charge is 0.397 e. The molecule has 28 heavy (non-hydrogen) atoms. The third-order valence-corrected chi connectivity index (χ3v) is 4.46. The van der Waals surface area contributed by atoms with Gasteiger partial charge in [0.15, 0.2) is 11.3 Å². The van der Waals surface area contributed by atoms with Crippen molar-refractivity contribution < 1.29 is 5.11 Å². The first-order valence-electron chi connectivity index (χ1n) is 9.60. The molecule has 3 aromatic rings. The smallest absolute Gasteiger partial charge is 0.227 e. The molecule has 2 aromatic heterocycles. The van der Waals surface area contributed by atoms with Crippen molar-refractivity contribution in [2.75, 3.05) is 17.6 Å². The maximum atomic E-state index is 9.72. The number of anilines is 3. The second-order valence-corrected chi connectivity index (χ2v) is 7.62. The Morgan fingerprint density at radius 2 is 1.93 bits per heavy atom. The molecule has 0 aliphatic rings. The van der Waals surface area contributed by atoms with Crippen molar-refractivity contribution >= 4 is 28.2 Å². The summed E-state index contributed by atoms with van der Waals surface area (Å²) >= 11 is 0. The van der Waals surface area contributed by atoms with Gasteiger partial charge < -0.3 is 20.7 Å². The fourth-order valence-electron chi connectivity index (χ4n) is 3.11. The minimum Gasteiger partial charge on any atom is -0.397 e. The molecule has 0 spiro atoms. The Morgan fingerprint density at radius 1 is 1.21 bits per heavy atom. The molecule has 8 nitrogen and oxygen atoms in total. The lowest BCUT2D eigenvalue weighted by Gasteiger charge is -2.17. The first kappa shape index (κ1) is 19.9. The third-order valence-electron chi connectivity index (χ3n) is 4.46. The fourth-order valence-corrected chi connectivity index (χ4v) is 3.11. The van der Waals surface area contributed by atoms with E-state index in [0.717, 1.165) is 22.4 Å². The molecule has 0 fully saturated rings. The summed E-state index contributed by atoms with van der Waals surface area (Å²) in [5, 5.41) is 20.7. The van der Waals surface area contributed by atoms with Crippen LogP contribution in [0.4, 0.5) is 17.2 Å². The van der Waals surface area contributed by atoms with Crippen molar-refractivity contribution in [2.24, 2.45) is 4.99 Å². The molecule has 150 valence electrons. The van der Waals surface area contributed by atoms with Crippen molar-refractivity contribution in [3.05, 3.63) is 35.6 Å². The maximum absolute atomic E-state index is 9.72. The Balaban J connectivity index is 2.31. The molecular formula is C20H29N7O. The number of para-hydroxylation sites is 2. The summed E-state index contributed by atoms with van der Waals surface area (Å²) < 4.78 is 2.07. The van der Waals surface area contributed by atoms with Gasteiger partial charge in [0.25, 0.3) is 0 Å². The van der Waals surface area contributed by atoms with Gasteiger partial charge in [-0.15, -0.1) is 0 Å². The van der Waals surface area contributed by atoms with Gasteiger partial charge >= 0.3 is 0 Å². The molecule has 0 saturated carbocycles. The number of aromatic nitrogens is 4. The summed E-state index contributed by atoms with van der Waals surface area (Å²) in [6, 6.07) is 7.65. The van der Waals surface area contributed by atoms with Crippen LogP contribution in [0.15, 0.2) is 29.3 Å². The minimum atomic E-state index is -0.548. The standard InChI is InChI=1S/C20H29N7O/c1-11(2)16-18-17(26-25-16)19(23-15-9-7-6-8-14(15)21)24-20(22-10-13(5)28)27(18)12(3)4/h6-9,11-13,28H,10,21H2,1-5H3,(H,25,26)(H,22,23,24). The molecule has 3 rings (SSSR count). The normalized spacial score (nSPS) is 13.6. The Hall–Kier alpha value is -2.87. The van der Waals surface area contributed by atoms with E-state index in [1.54, 1.807) is 6.92 Å². The number of aromatic amines is 1. The average molecular weight is 384 g/mol. The molecule has 1 aromatic carbocycles. The molecule has 0 aliphatic heterocycles. The highest BCUT2D eigenvalue weighted by atomic mass is 16.3. The monoisotopic (exact) mass is 383 g/mol. The SMILES string of the molecule is CC(O)CN=c1nc(Nc2ccccc2N)c2n[nH]c(C(C)C)c2n1C(C)C. The number of benzene rings is 1. The van der Waals surface area contributed by atoms with Crippen LogP contribution < -0.4 is 16.7 Å². The first-order valence-corrected chi connectivity index (χ1v) is 9.60. The van der Waals surface area contributed by atoms with Gasteiger partial charge in [-0.3, -0.25) is 5.10 Å². The molecule has 0 saturated heterocycles. The van der Waals surface area contributed by atoms with E-state index in [4.69, 9.17) is 10.7 Å². The first-order chi connectivity index (χ1) is 13.3. The lowest BCUT2D eigenvalue weighted by Crippen LogP contribution is -2.29. The zero-order valence-electron chi connectivity index (χ0n) is 17.1. The van der Waals surface area contributed by atoms with Gasteiger partial charge in [0.05, 0.1) is 35.2 Å². The Kier molecular flexibility index (Phi) is 5.69. The topological polar surface area (TPSA) is 117 Å². The lowest BCUT2D eigenvalue weighted by molar-refractivity contribution is 0.202. The number of aliphatic hydroxyl groups is 1. The maximum Gasteiger partial charge on any atom is 0.227 e. The van der Waals surface area contributed by atoms with Crippen LogP contribution in [-0.4, -0.2) is 37.5 Å². The van der Waals surface area contributed by atoms with Crippen LogP contribution >= 0.6 is 0 Å². The van der Waals surface area contributed by atoms with Gasteiger partial charge in [0.1, 0.15) is 0 Å². The van der Waals surface area contributed by atoms with E-state index in [1.807, 2.05) is 24.3 Å². The second kappa shape index (κ2) is 8.02. The van der Waals surface area contributed by atoms with Crippen molar-refractivity contribution in [3.63, 3.8) is 0 Å². The molecule has 0 radical (unpaired) electrons. The molecule has 2 heterocycles.